The topological polar surface area (TPSA) is 97.3 Å². The molecule has 0 saturated heterocycles. The number of alkyl halides is 6. The van der Waals surface area contributed by atoms with Gasteiger partial charge in [-0.05, 0) is 36.5 Å². The van der Waals surface area contributed by atoms with Crippen LogP contribution in [0.3, 0.4) is 0 Å². The zero-order chi connectivity index (χ0) is 29.6. The van der Waals surface area contributed by atoms with Crippen LogP contribution in [0.5, 0.6) is 0 Å². The molecule has 0 amide bonds. The molecule has 1 aliphatic heterocycles. The second-order valence-corrected chi connectivity index (χ2v) is 10.4. The van der Waals surface area contributed by atoms with E-state index in [1.165, 1.54) is 12.1 Å². The van der Waals surface area contributed by atoms with Crippen LogP contribution in [-0.2, 0) is 25.2 Å². The maximum atomic E-state index is 14.1. The first-order valence-corrected chi connectivity index (χ1v) is 12.6. The Morgan fingerprint density at radius 2 is 1.25 bits per heavy atom. The second kappa shape index (κ2) is 10.3. The van der Waals surface area contributed by atoms with E-state index in [-0.39, 0.29) is 11.3 Å². The number of aromatic carboxylic acids is 2. The molecular weight excluding hydrogens is 562 g/mol. The van der Waals surface area contributed by atoms with Gasteiger partial charge in [0.1, 0.15) is 0 Å². The fraction of sp³-hybridized carbons (Fsp3) is 0.250. The average molecular weight is 581 g/mol. The highest BCUT2D eigenvalue weighted by molar-refractivity contribution is 7.99. The number of hydrogen-bond acceptors (Lipinski definition) is 6. The Kier molecular flexibility index (Phi) is 7.52. The number of carboxylic acids is 2. The summed E-state index contributed by atoms with van der Waals surface area (Å²) in [4.78, 5) is 37.6. The smallest absolute Gasteiger partial charge is 0.417 e. The van der Waals surface area contributed by atoms with Crippen molar-refractivity contribution in [3.63, 3.8) is 0 Å². The molecule has 1 heterocycles. The van der Waals surface area contributed by atoms with E-state index in [0.29, 0.717) is 22.6 Å². The summed E-state index contributed by atoms with van der Waals surface area (Å²) in [7, 11) is 0. The van der Waals surface area contributed by atoms with Gasteiger partial charge in [0.15, 0.2) is 5.78 Å². The fourth-order valence-corrected chi connectivity index (χ4v) is 6.51. The number of carbonyl (C=O) groups excluding carboxylic acids is 3. The number of benzene rings is 3. The lowest BCUT2D eigenvalue weighted by molar-refractivity contribution is -0.256. The Labute approximate surface area is 227 Å². The van der Waals surface area contributed by atoms with Crippen LogP contribution < -0.4 is 10.2 Å². The quantitative estimate of drug-likeness (QED) is 0.398. The van der Waals surface area contributed by atoms with Crippen LogP contribution in [0, 0.1) is 12.3 Å². The number of rotatable bonds is 6. The van der Waals surface area contributed by atoms with Crippen LogP contribution in [0.2, 0.25) is 0 Å². The highest BCUT2D eigenvalue weighted by atomic mass is 32.2. The summed E-state index contributed by atoms with van der Waals surface area (Å²) in [6, 6.07) is 9.99. The first-order valence-electron chi connectivity index (χ1n) is 11.6. The maximum absolute atomic E-state index is 14.1. The predicted octanol–water partition coefficient (Wildman–Crippen LogP) is 4.52. The summed E-state index contributed by atoms with van der Waals surface area (Å²) in [5.41, 5.74) is -7.92. The Morgan fingerprint density at radius 1 is 0.800 bits per heavy atom. The average Bonchev–Trinajstić information content (AvgIpc) is 2.85. The van der Waals surface area contributed by atoms with Crippen molar-refractivity contribution < 1.29 is 50.9 Å². The number of fused-ring (bicyclic) bond motifs is 1. The molecule has 0 saturated carbocycles. The number of carboxylic acid groups (broad SMARTS) is 2. The number of carbonyl (C=O) groups is 3. The monoisotopic (exact) mass is 580 g/mol. The molecule has 0 atom stereocenters. The standard InChI is InChI=1S/C28H20F6O5S/c1-14-5-2-10-19-22(14)40-13-26(23(19)35,11-15-6-3-8-17(24(36)37)20(15)27(29,30)31)12-16-7-4-9-18(25(38)39)21(16)28(32,33)34/h2-10H,11-13H2,1H3,(H,36,37)(H,38,39)/p-2. The summed E-state index contributed by atoms with van der Waals surface area (Å²) in [6.45, 7) is 1.70. The molecule has 40 heavy (non-hydrogen) atoms. The molecule has 12 heteroatoms. The van der Waals surface area contributed by atoms with Crippen molar-refractivity contribution in [1.82, 2.24) is 0 Å². The van der Waals surface area contributed by atoms with Gasteiger partial charge in [-0.2, -0.15) is 26.3 Å². The van der Waals surface area contributed by atoms with Gasteiger partial charge in [-0.1, -0.05) is 54.6 Å². The summed E-state index contributed by atoms with van der Waals surface area (Å²) >= 11 is 1.07. The molecule has 3 aromatic rings. The third kappa shape index (κ3) is 5.32. The minimum atomic E-state index is -5.20. The van der Waals surface area contributed by atoms with Gasteiger partial charge < -0.3 is 19.8 Å². The van der Waals surface area contributed by atoms with Crippen molar-refractivity contribution in [2.75, 3.05) is 5.75 Å². The number of halogens is 6. The number of aryl methyl sites for hydroxylation is 1. The minimum absolute atomic E-state index is 0.0884. The van der Waals surface area contributed by atoms with Gasteiger partial charge in [0.25, 0.3) is 0 Å². The molecule has 1 aliphatic rings. The van der Waals surface area contributed by atoms with Gasteiger partial charge in [0.05, 0.1) is 28.5 Å². The van der Waals surface area contributed by atoms with E-state index in [4.69, 9.17) is 0 Å². The number of thioether (sulfide) groups is 1. The molecule has 5 nitrogen and oxygen atoms in total. The van der Waals surface area contributed by atoms with E-state index >= 15 is 0 Å². The molecule has 0 bridgehead atoms. The molecule has 210 valence electrons. The van der Waals surface area contributed by atoms with Crippen LogP contribution in [0.25, 0.3) is 0 Å². The molecule has 0 radical (unpaired) electrons. The third-order valence-corrected chi connectivity index (χ3v) is 8.32. The lowest BCUT2D eigenvalue weighted by atomic mass is 9.70. The van der Waals surface area contributed by atoms with Crippen molar-refractivity contribution >= 4 is 29.5 Å². The fourth-order valence-electron chi connectivity index (χ4n) is 5.14. The number of ketones is 1. The predicted molar refractivity (Wildman–Crippen MR) is 128 cm³/mol. The molecule has 0 fully saturated rings. The molecule has 0 spiro atoms. The van der Waals surface area contributed by atoms with E-state index in [1.807, 2.05) is 0 Å². The SMILES string of the molecule is Cc1cccc2c1SCC(Cc1cccc(C(=O)[O-])c1C(F)(F)F)(Cc1cccc(C(=O)[O-])c1C(F)(F)F)C2=O. The first kappa shape index (κ1) is 29.2. The Balaban J connectivity index is 1.98. The number of Topliss-reactive ketones (excluding diaryl/α,β-unsaturated/α-hetero) is 1. The Morgan fingerprint density at radius 3 is 1.68 bits per heavy atom. The van der Waals surface area contributed by atoms with Gasteiger partial charge in [0, 0.05) is 27.3 Å². The zero-order valence-electron chi connectivity index (χ0n) is 20.5. The van der Waals surface area contributed by atoms with E-state index < -0.39 is 81.7 Å². The molecule has 0 aromatic heterocycles. The highest BCUT2D eigenvalue weighted by Crippen LogP contribution is 2.48. The molecule has 3 aromatic carbocycles. The lowest BCUT2D eigenvalue weighted by Crippen LogP contribution is -2.42. The summed E-state index contributed by atoms with van der Waals surface area (Å²) in [5.74, 6) is -5.24. The van der Waals surface area contributed by atoms with Crippen molar-refractivity contribution in [2.24, 2.45) is 5.41 Å². The van der Waals surface area contributed by atoms with Crippen LogP contribution in [0.1, 0.15) is 58.9 Å². The van der Waals surface area contributed by atoms with Crippen LogP contribution in [0.4, 0.5) is 26.3 Å². The Hall–Kier alpha value is -3.80. The van der Waals surface area contributed by atoms with Crippen molar-refractivity contribution in [2.45, 2.75) is 37.0 Å². The van der Waals surface area contributed by atoms with Crippen LogP contribution in [-0.4, -0.2) is 23.5 Å². The van der Waals surface area contributed by atoms with Gasteiger partial charge >= 0.3 is 12.4 Å². The maximum Gasteiger partial charge on any atom is 0.417 e. The number of hydrogen-bond donors (Lipinski definition) is 0. The van der Waals surface area contributed by atoms with Gasteiger partial charge in [-0.15, -0.1) is 11.8 Å². The molecule has 0 unspecified atom stereocenters. The lowest BCUT2D eigenvalue weighted by Gasteiger charge is -2.38. The largest absolute Gasteiger partial charge is 0.545 e. The summed E-state index contributed by atoms with van der Waals surface area (Å²) < 4.78 is 84.7. The first-order chi connectivity index (χ1) is 18.6. The van der Waals surface area contributed by atoms with Crippen LogP contribution >= 0.6 is 11.8 Å². The minimum Gasteiger partial charge on any atom is -0.545 e. The summed E-state index contributed by atoms with van der Waals surface area (Å²) in [5, 5.41) is 23.1. The van der Waals surface area contributed by atoms with Crippen molar-refractivity contribution in [3.8, 4) is 0 Å². The van der Waals surface area contributed by atoms with Gasteiger partial charge in [-0.25, -0.2) is 0 Å². The molecular formula is C28H18F6O5S-2. The van der Waals surface area contributed by atoms with Crippen molar-refractivity contribution in [3.05, 3.63) is 99.1 Å². The normalized spacial score (nSPS) is 15.0. The van der Waals surface area contributed by atoms with Gasteiger partial charge in [-0.3, -0.25) is 4.79 Å². The van der Waals surface area contributed by atoms with Crippen molar-refractivity contribution in [1.29, 1.82) is 0 Å². The van der Waals surface area contributed by atoms with E-state index in [9.17, 15) is 50.9 Å². The van der Waals surface area contributed by atoms with E-state index in [1.54, 1.807) is 13.0 Å². The third-order valence-electron chi connectivity index (χ3n) is 6.80. The van der Waals surface area contributed by atoms with E-state index in [0.717, 1.165) is 36.0 Å². The second-order valence-electron chi connectivity index (χ2n) is 9.45. The van der Waals surface area contributed by atoms with E-state index in [2.05, 4.69) is 0 Å². The zero-order valence-corrected chi connectivity index (χ0v) is 21.4. The molecule has 4 rings (SSSR count). The van der Waals surface area contributed by atoms with Crippen LogP contribution in [0.15, 0.2) is 59.5 Å². The molecule has 0 N–H and O–H groups in total. The van der Waals surface area contributed by atoms with Gasteiger partial charge in [0.2, 0.25) is 0 Å². The highest BCUT2D eigenvalue weighted by Gasteiger charge is 2.48. The molecule has 0 aliphatic carbocycles. The summed E-state index contributed by atoms with van der Waals surface area (Å²) in [6.07, 6.45) is -12.0. The Bertz CT molecular complexity index is 1450.